The molecule has 0 aliphatic heterocycles. The van der Waals surface area contributed by atoms with E-state index in [0.717, 1.165) is 5.56 Å². The maximum absolute atomic E-state index is 12.1. The molecule has 0 spiro atoms. The van der Waals surface area contributed by atoms with Gasteiger partial charge in [-0.1, -0.05) is 0 Å². The van der Waals surface area contributed by atoms with Crippen molar-refractivity contribution in [2.75, 3.05) is 14.1 Å². The van der Waals surface area contributed by atoms with Gasteiger partial charge in [0.05, 0.1) is 5.69 Å². The van der Waals surface area contributed by atoms with Crippen molar-refractivity contribution in [2.45, 2.75) is 12.8 Å². The second kappa shape index (κ2) is 4.08. The van der Waals surface area contributed by atoms with Gasteiger partial charge in [-0.15, -0.1) is 0 Å². The van der Waals surface area contributed by atoms with Gasteiger partial charge < -0.3 is 15.0 Å². The van der Waals surface area contributed by atoms with E-state index in [4.69, 9.17) is 5.11 Å². The maximum Gasteiger partial charge on any atom is 0.352 e. The zero-order valence-electron chi connectivity index (χ0n) is 9.78. The molecule has 1 aliphatic carbocycles. The molecule has 0 aromatic carbocycles. The van der Waals surface area contributed by atoms with Crippen molar-refractivity contribution < 1.29 is 14.7 Å². The molecular formula is C12H14N2O3. The van der Waals surface area contributed by atoms with Gasteiger partial charge in [0.1, 0.15) is 5.69 Å². The third-order valence-corrected chi connectivity index (χ3v) is 2.73. The first-order valence-corrected chi connectivity index (χ1v) is 5.36. The van der Waals surface area contributed by atoms with Crippen molar-refractivity contribution in [1.82, 2.24) is 9.88 Å². The smallest absolute Gasteiger partial charge is 0.352 e. The Hall–Kier alpha value is -2.04. The SMILES string of the molecule is CN(C)C=C1CCc2cc(C(=O)O)[nH]c2C1=O. The van der Waals surface area contributed by atoms with E-state index >= 15 is 0 Å². The monoisotopic (exact) mass is 234 g/mol. The van der Waals surface area contributed by atoms with E-state index in [1.807, 2.05) is 19.0 Å². The molecule has 0 radical (unpaired) electrons. The van der Waals surface area contributed by atoms with Crippen LogP contribution in [-0.2, 0) is 6.42 Å². The molecule has 0 saturated carbocycles. The molecule has 0 saturated heterocycles. The minimum absolute atomic E-state index is 0.0782. The van der Waals surface area contributed by atoms with Gasteiger partial charge in [-0.3, -0.25) is 4.79 Å². The predicted octanol–water partition coefficient (Wildman–Crippen LogP) is 1.29. The van der Waals surface area contributed by atoms with Crippen LogP contribution >= 0.6 is 0 Å². The average Bonchev–Trinajstić information content (AvgIpc) is 2.66. The van der Waals surface area contributed by atoms with Gasteiger partial charge in [-0.25, -0.2) is 4.79 Å². The Labute approximate surface area is 98.7 Å². The number of nitrogens with one attached hydrogen (secondary N) is 1. The highest BCUT2D eigenvalue weighted by Gasteiger charge is 2.25. The van der Waals surface area contributed by atoms with E-state index in [1.165, 1.54) is 0 Å². The third-order valence-electron chi connectivity index (χ3n) is 2.73. The second-order valence-electron chi connectivity index (χ2n) is 4.34. The number of rotatable bonds is 2. The van der Waals surface area contributed by atoms with Crippen molar-refractivity contribution in [2.24, 2.45) is 0 Å². The zero-order chi connectivity index (χ0) is 12.6. The van der Waals surface area contributed by atoms with Crippen molar-refractivity contribution in [3.63, 3.8) is 0 Å². The summed E-state index contributed by atoms with van der Waals surface area (Å²) in [5.74, 6) is -1.14. The molecule has 1 heterocycles. The lowest BCUT2D eigenvalue weighted by Crippen LogP contribution is -2.16. The Kier molecular flexibility index (Phi) is 2.75. The summed E-state index contributed by atoms with van der Waals surface area (Å²) in [5.41, 5.74) is 2.00. The maximum atomic E-state index is 12.1. The first kappa shape index (κ1) is 11.4. The fourth-order valence-corrected chi connectivity index (χ4v) is 1.99. The number of aromatic nitrogens is 1. The van der Waals surface area contributed by atoms with Crippen molar-refractivity contribution in [3.8, 4) is 0 Å². The summed E-state index contributed by atoms with van der Waals surface area (Å²) in [4.78, 5) is 27.4. The predicted molar refractivity (Wildman–Crippen MR) is 62.2 cm³/mol. The van der Waals surface area contributed by atoms with Crippen molar-refractivity contribution >= 4 is 11.8 Å². The number of hydrogen-bond acceptors (Lipinski definition) is 3. The number of aromatic amines is 1. The van der Waals surface area contributed by atoms with Gasteiger partial charge in [-0.2, -0.15) is 0 Å². The number of carboxylic acid groups (broad SMARTS) is 1. The number of ketones is 1. The van der Waals surface area contributed by atoms with Crippen LogP contribution in [0, 0.1) is 0 Å². The number of Topliss-reactive ketones (excluding diaryl/α,β-unsaturated/α-hetero) is 1. The van der Waals surface area contributed by atoms with Crippen LogP contribution in [0.2, 0.25) is 0 Å². The van der Waals surface area contributed by atoms with Crippen molar-refractivity contribution in [1.29, 1.82) is 0 Å². The number of aromatic carboxylic acids is 1. The molecule has 2 rings (SSSR count). The third kappa shape index (κ3) is 2.08. The molecular weight excluding hydrogens is 220 g/mol. The molecule has 0 fully saturated rings. The van der Waals surface area contributed by atoms with Crippen LogP contribution in [0.25, 0.3) is 0 Å². The Morgan fingerprint density at radius 1 is 1.47 bits per heavy atom. The number of fused-ring (bicyclic) bond motifs is 1. The highest BCUT2D eigenvalue weighted by atomic mass is 16.4. The van der Waals surface area contributed by atoms with Gasteiger partial charge in [-0.05, 0) is 24.5 Å². The van der Waals surface area contributed by atoms with Crippen LogP contribution in [0.4, 0.5) is 0 Å². The topological polar surface area (TPSA) is 73.4 Å². The number of carbonyl (C=O) groups is 2. The van der Waals surface area contributed by atoms with Crippen LogP contribution in [0.1, 0.15) is 33.0 Å². The largest absolute Gasteiger partial charge is 0.477 e. The molecule has 90 valence electrons. The number of carbonyl (C=O) groups excluding carboxylic acids is 1. The lowest BCUT2D eigenvalue weighted by atomic mass is 9.92. The number of H-pyrrole nitrogens is 1. The molecule has 5 heteroatoms. The van der Waals surface area contributed by atoms with E-state index < -0.39 is 5.97 Å². The molecule has 0 atom stereocenters. The minimum atomic E-state index is -1.04. The number of allylic oxidation sites excluding steroid dienone is 1. The van der Waals surface area contributed by atoms with E-state index in [-0.39, 0.29) is 11.5 Å². The Bertz CT molecular complexity index is 512. The summed E-state index contributed by atoms with van der Waals surface area (Å²) >= 11 is 0. The summed E-state index contributed by atoms with van der Waals surface area (Å²) in [5, 5.41) is 8.87. The standard InChI is InChI=1S/C12H14N2O3/c1-14(2)6-8-4-3-7-5-9(12(16)17)13-10(7)11(8)15/h5-6,13H,3-4H2,1-2H3,(H,16,17). The van der Waals surface area contributed by atoms with Crippen LogP contribution in [-0.4, -0.2) is 40.8 Å². The average molecular weight is 234 g/mol. The number of hydrogen-bond donors (Lipinski definition) is 2. The summed E-state index contributed by atoms with van der Waals surface area (Å²) in [6.07, 6.45) is 3.14. The molecule has 17 heavy (non-hydrogen) atoms. The molecule has 2 N–H and O–H groups in total. The first-order chi connectivity index (χ1) is 7.99. The Morgan fingerprint density at radius 3 is 2.76 bits per heavy atom. The molecule has 1 aromatic rings. The van der Waals surface area contributed by atoms with Crippen LogP contribution in [0.15, 0.2) is 17.8 Å². The van der Waals surface area contributed by atoms with E-state index in [1.54, 1.807) is 12.3 Å². The Morgan fingerprint density at radius 2 is 2.18 bits per heavy atom. The van der Waals surface area contributed by atoms with Gasteiger partial charge >= 0.3 is 5.97 Å². The summed E-state index contributed by atoms with van der Waals surface area (Å²) in [7, 11) is 3.71. The number of nitrogens with zero attached hydrogens (tertiary/aromatic N) is 1. The van der Waals surface area contributed by atoms with Crippen LogP contribution < -0.4 is 0 Å². The number of aryl methyl sites for hydroxylation is 1. The molecule has 0 amide bonds. The first-order valence-electron chi connectivity index (χ1n) is 5.36. The summed E-state index contributed by atoms with van der Waals surface area (Å²) in [6.45, 7) is 0. The summed E-state index contributed by atoms with van der Waals surface area (Å²) < 4.78 is 0. The normalized spacial score (nSPS) is 17.1. The Balaban J connectivity index is 2.39. The van der Waals surface area contributed by atoms with Crippen LogP contribution in [0.3, 0.4) is 0 Å². The molecule has 0 unspecified atom stereocenters. The molecule has 0 bridgehead atoms. The van der Waals surface area contributed by atoms with E-state index in [2.05, 4.69) is 4.98 Å². The lowest BCUT2D eigenvalue weighted by molar-refractivity contribution is 0.0691. The zero-order valence-corrected chi connectivity index (χ0v) is 9.78. The lowest BCUT2D eigenvalue weighted by Gasteiger charge is -2.15. The highest BCUT2D eigenvalue weighted by molar-refractivity contribution is 6.10. The molecule has 1 aliphatic rings. The fraction of sp³-hybridized carbons (Fsp3) is 0.333. The van der Waals surface area contributed by atoms with Crippen molar-refractivity contribution in [3.05, 3.63) is 34.8 Å². The minimum Gasteiger partial charge on any atom is -0.477 e. The van der Waals surface area contributed by atoms with Gasteiger partial charge in [0.15, 0.2) is 0 Å². The van der Waals surface area contributed by atoms with Gasteiger partial charge in [0.2, 0.25) is 5.78 Å². The van der Waals surface area contributed by atoms with E-state index in [0.29, 0.717) is 24.1 Å². The summed E-state index contributed by atoms with van der Waals surface area (Å²) in [6, 6.07) is 1.54. The second-order valence-corrected chi connectivity index (χ2v) is 4.34. The quantitative estimate of drug-likeness (QED) is 0.756. The molecule has 1 aromatic heterocycles. The molecule has 5 nitrogen and oxygen atoms in total. The van der Waals surface area contributed by atoms with E-state index in [9.17, 15) is 9.59 Å². The number of carboxylic acids is 1. The van der Waals surface area contributed by atoms with Gasteiger partial charge in [0, 0.05) is 25.9 Å². The van der Waals surface area contributed by atoms with Gasteiger partial charge in [0.25, 0.3) is 0 Å². The van der Waals surface area contributed by atoms with Crippen LogP contribution in [0.5, 0.6) is 0 Å². The fourth-order valence-electron chi connectivity index (χ4n) is 1.99. The highest BCUT2D eigenvalue weighted by Crippen LogP contribution is 2.25.